The van der Waals surface area contributed by atoms with Crippen LogP contribution in [0.25, 0.3) is 0 Å². The summed E-state index contributed by atoms with van der Waals surface area (Å²) in [5, 5.41) is 18.0. The van der Waals surface area contributed by atoms with E-state index in [9.17, 15) is 9.90 Å². The second kappa shape index (κ2) is 11.7. The van der Waals surface area contributed by atoms with Crippen LogP contribution < -0.4 is 15.4 Å². The van der Waals surface area contributed by atoms with Crippen LogP contribution in [-0.4, -0.2) is 35.3 Å². The first-order valence-corrected chi connectivity index (χ1v) is 12.9. The zero-order valence-corrected chi connectivity index (χ0v) is 21.5. The van der Waals surface area contributed by atoms with E-state index in [1.165, 1.54) is 5.56 Å². The summed E-state index contributed by atoms with van der Waals surface area (Å²) in [5.41, 5.74) is 4.12. The first-order chi connectivity index (χ1) is 17.3. The van der Waals surface area contributed by atoms with E-state index < -0.39 is 12.1 Å². The van der Waals surface area contributed by atoms with Gasteiger partial charge in [-0.25, -0.2) is 0 Å². The molecule has 4 rings (SSSR count). The van der Waals surface area contributed by atoms with Gasteiger partial charge in [0.1, 0.15) is 11.4 Å². The third-order valence-electron chi connectivity index (χ3n) is 6.83. The number of rotatable bonds is 10. The van der Waals surface area contributed by atoms with E-state index in [1.54, 1.807) is 0 Å². The minimum Gasteiger partial charge on any atom is -0.487 e. The van der Waals surface area contributed by atoms with Crippen LogP contribution in [0.5, 0.6) is 5.75 Å². The fraction of sp³-hybridized carbons (Fsp3) is 0.387. The number of nitrogens with one attached hydrogen (secondary N) is 2. The summed E-state index contributed by atoms with van der Waals surface area (Å²) in [6.07, 6.45) is 1.84. The Morgan fingerprint density at radius 3 is 2.33 bits per heavy atom. The van der Waals surface area contributed by atoms with Gasteiger partial charge in [-0.05, 0) is 49.4 Å². The number of carbonyl (C=O) groups is 1. The number of fused-ring (bicyclic) bond motifs is 1. The third-order valence-corrected chi connectivity index (χ3v) is 6.83. The van der Waals surface area contributed by atoms with Gasteiger partial charge in [0.15, 0.2) is 0 Å². The normalized spacial score (nSPS) is 17.9. The molecular weight excluding hydrogens is 448 g/mol. The number of carbonyl (C=O) groups excluding carboxylic acids is 1. The first kappa shape index (κ1) is 25.9. The molecule has 36 heavy (non-hydrogen) atoms. The number of aryl methyl sites for hydroxylation is 1. The second-order valence-corrected chi connectivity index (χ2v) is 10.3. The van der Waals surface area contributed by atoms with Crippen LogP contribution in [0, 0.1) is 0 Å². The Balaban J connectivity index is 1.47. The standard InChI is InChI=1S/C31H38N2O3/c1-4-22-15-16-29-25(17-22)27(20-31(2,3)36-29)32-21-28(34)26(18-23-11-7-5-8-12-23)33-30(35)19-24-13-9-6-10-14-24/h5-17,26-28,32,34H,4,18-21H2,1-3H3,(H,33,35)/t26-,27-,28+/m0/s1. The molecule has 0 aliphatic carbocycles. The van der Waals surface area contributed by atoms with Gasteiger partial charge < -0.3 is 20.5 Å². The van der Waals surface area contributed by atoms with Crippen LogP contribution in [-0.2, 0) is 24.1 Å². The van der Waals surface area contributed by atoms with E-state index in [0.717, 1.165) is 35.3 Å². The van der Waals surface area contributed by atoms with E-state index in [4.69, 9.17) is 4.74 Å². The molecule has 0 unspecified atom stereocenters. The molecule has 0 spiro atoms. The van der Waals surface area contributed by atoms with Crippen LogP contribution >= 0.6 is 0 Å². The van der Waals surface area contributed by atoms with Crippen molar-refractivity contribution in [3.05, 3.63) is 101 Å². The van der Waals surface area contributed by atoms with Gasteiger partial charge in [-0.15, -0.1) is 0 Å². The highest BCUT2D eigenvalue weighted by atomic mass is 16.5. The monoisotopic (exact) mass is 486 g/mol. The molecule has 0 saturated carbocycles. The van der Waals surface area contributed by atoms with Crippen molar-refractivity contribution in [2.24, 2.45) is 0 Å². The molecule has 1 aliphatic rings. The Kier molecular flexibility index (Phi) is 8.44. The molecule has 0 saturated heterocycles. The van der Waals surface area contributed by atoms with Crippen molar-refractivity contribution in [3.63, 3.8) is 0 Å². The lowest BCUT2D eigenvalue weighted by atomic mass is 9.88. The molecular formula is C31H38N2O3. The molecule has 3 aromatic rings. The van der Waals surface area contributed by atoms with Crippen molar-refractivity contribution < 1.29 is 14.6 Å². The highest BCUT2D eigenvalue weighted by molar-refractivity contribution is 5.79. The first-order valence-electron chi connectivity index (χ1n) is 12.9. The van der Waals surface area contributed by atoms with Crippen molar-refractivity contribution in [3.8, 4) is 5.75 Å². The molecule has 190 valence electrons. The number of benzene rings is 3. The zero-order chi connectivity index (χ0) is 25.5. The number of aliphatic hydroxyl groups is 1. The SMILES string of the molecule is CCc1ccc2c(c1)[C@@H](NC[C@@H](O)[C@H](Cc1ccccc1)NC(=O)Cc1ccccc1)CC(C)(C)O2. The lowest BCUT2D eigenvalue weighted by molar-refractivity contribution is -0.122. The summed E-state index contributed by atoms with van der Waals surface area (Å²) in [4.78, 5) is 12.9. The lowest BCUT2D eigenvalue weighted by Gasteiger charge is -2.39. The van der Waals surface area contributed by atoms with E-state index in [0.29, 0.717) is 13.0 Å². The summed E-state index contributed by atoms with van der Waals surface area (Å²) in [6, 6.07) is 25.7. The molecule has 5 heteroatoms. The van der Waals surface area contributed by atoms with Gasteiger partial charge in [-0.1, -0.05) is 79.7 Å². The molecule has 0 radical (unpaired) electrons. The predicted octanol–water partition coefficient (Wildman–Crippen LogP) is 4.77. The number of hydrogen-bond donors (Lipinski definition) is 3. The van der Waals surface area contributed by atoms with E-state index in [1.807, 2.05) is 60.7 Å². The van der Waals surface area contributed by atoms with Gasteiger partial charge in [0.25, 0.3) is 0 Å². The van der Waals surface area contributed by atoms with Crippen LogP contribution in [0.2, 0.25) is 0 Å². The highest BCUT2D eigenvalue weighted by Crippen LogP contribution is 2.40. The number of ether oxygens (including phenoxy) is 1. The fourth-order valence-corrected chi connectivity index (χ4v) is 4.90. The summed E-state index contributed by atoms with van der Waals surface area (Å²) in [7, 11) is 0. The van der Waals surface area contributed by atoms with Gasteiger partial charge in [-0.2, -0.15) is 0 Å². The van der Waals surface area contributed by atoms with Gasteiger partial charge in [-0.3, -0.25) is 4.79 Å². The van der Waals surface area contributed by atoms with Gasteiger partial charge >= 0.3 is 0 Å². The maximum Gasteiger partial charge on any atom is 0.224 e. The largest absolute Gasteiger partial charge is 0.487 e. The zero-order valence-electron chi connectivity index (χ0n) is 21.5. The molecule has 0 bridgehead atoms. The topological polar surface area (TPSA) is 70.6 Å². The van der Waals surface area contributed by atoms with E-state index in [2.05, 4.69) is 49.6 Å². The second-order valence-electron chi connectivity index (χ2n) is 10.3. The molecule has 1 heterocycles. The van der Waals surface area contributed by atoms with Crippen LogP contribution in [0.4, 0.5) is 0 Å². The van der Waals surface area contributed by atoms with Crippen molar-refractivity contribution in [2.75, 3.05) is 6.54 Å². The minimum absolute atomic E-state index is 0.0577. The van der Waals surface area contributed by atoms with Crippen LogP contribution in [0.15, 0.2) is 78.9 Å². The Bertz CT molecular complexity index is 1130. The maximum absolute atomic E-state index is 12.9. The third kappa shape index (κ3) is 6.96. The highest BCUT2D eigenvalue weighted by Gasteiger charge is 2.34. The Hall–Kier alpha value is -3.15. The molecule has 3 aromatic carbocycles. The molecule has 5 nitrogen and oxygen atoms in total. The van der Waals surface area contributed by atoms with Gasteiger partial charge in [0, 0.05) is 24.6 Å². The number of hydrogen-bond acceptors (Lipinski definition) is 4. The van der Waals surface area contributed by atoms with Crippen molar-refractivity contribution in [1.29, 1.82) is 0 Å². The van der Waals surface area contributed by atoms with E-state index >= 15 is 0 Å². The molecule has 1 amide bonds. The predicted molar refractivity (Wildman–Crippen MR) is 144 cm³/mol. The smallest absolute Gasteiger partial charge is 0.224 e. The molecule has 3 N–H and O–H groups in total. The average Bonchev–Trinajstić information content (AvgIpc) is 2.87. The molecule has 0 aromatic heterocycles. The van der Waals surface area contributed by atoms with Crippen molar-refractivity contribution in [2.45, 2.75) is 70.2 Å². The molecule has 3 atom stereocenters. The Labute approximate surface area is 214 Å². The van der Waals surface area contributed by atoms with E-state index in [-0.39, 0.29) is 24.0 Å². The van der Waals surface area contributed by atoms with Crippen molar-refractivity contribution >= 4 is 5.91 Å². The fourth-order valence-electron chi connectivity index (χ4n) is 4.90. The van der Waals surface area contributed by atoms with Crippen LogP contribution in [0.3, 0.4) is 0 Å². The molecule has 0 fully saturated rings. The summed E-state index contributed by atoms with van der Waals surface area (Å²) in [5.74, 6) is 0.804. The maximum atomic E-state index is 12.9. The summed E-state index contributed by atoms with van der Waals surface area (Å²) in [6.45, 7) is 6.70. The van der Waals surface area contributed by atoms with Crippen molar-refractivity contribution in [1.82, 2.24) is 10.6 Å². The quantitative estimate of drug-likeness (QED) is 0.386. The number of amides is 1. The Morgan fingerprint density at radius 2 is 1.67 bits per heavy atom. The molecule has 1 aliphatic heterocycles. The van der Waals surface area contributed by atoms with Crippen LogP contribution in [0.1, 0.15) is 55.5 Å². The summed E-state index contributed by atoms with van der Waals surface area (Å²) >= 11 is 0. The van der Waals surface area contributed by atoms with Gasteiger partial charge in [0.05, 0.1) is 18.6 Å². The lowest BCUT2D eigenvalue weighted by Crippen LogP contribution is -2.50. The average molecular weight is 487 g/mol. The summed E-state index contributed by atoms with van der Waals surface area (Å²) < 4.78 is 6.23. The Morgan fingerprint density at radius 1 is 1.00 bits per heavy atom. The van der Waals surface area contributed by atoms with Gasteiger partial charge in [0.2, 0.25) is 5.91 Å². The number of aliphatic hydroxyl groups excluding tert-OH is 1. The minimum atomic E-state index is -0.756.